The molecule has 0 atom stereocenters. The van der Waals surface area contributed by atoms with Gasteiger partial charge >= 0.3 is 24.2 Å². The minimum Gasteiger partial charge on any atom is -0.475 e. The van der Waals surface area contributed by atoms with Crippen LogP contribution in [0.5, 0.6) is 0 Å². The Morgan fingerprint density at radius 1 is 0.933 bits per heavy atom. The highest BCUT2D eigenvalue weighted by atomic mass is 19.4. The molecule has 0 heterocycles. The van der Waals surface area contributed by atoms with Crippen LogP contribution in [0.4, 0.5) is 26.3 Å². The van der Waals surface area contributed by atoms with Crippen LogP contribution < -0.4 is 5.73 Å². The highest BCUT2D eigenvalue weighted by Crippen LogP contribution is 2.13. The lowest BCUT2D eigenvalue weighted by Gasteiger charge is -1.95. The van der Waals surface area contributed by atoms with Gasteiger partial charge in [0, 0.05) is 0 Å². The third-order valence-electron chi connectivity index (χ3n) is 0.522. The molecule has 0 aliphatic heterocycles. The second-order valence-electron chi connectivity index (χ2n) is 1.66. The zero-order chi connectivity index (χ0) is 12.2. The van der Waals surface area contributed by atoms with Crippen LogP contribution in [0.2, 0.25) is 0 Å². The van der Waals surface area contributed by atoms with Gasteiger partial charge in [-0.25, -0.2) is 4.79 Å². The molecule has 92 valence electrons. The van der Waals surface area contributed by atoms with Crippen LogP contribution in [0.3, 0.4) is 0 Å². The number of carboxylic acid groups (broad SMARTS) is 1. The van der Waals surface area contributed by atoms with Crippen molar-refractivity contribution in [3.63, 3.8) is 0 Å². The molecule has 0 rings (SSSR count). The molecular weight excluding hydrogens is 240 g/mol. The largest absolute Gasteiger partial charge is 0.490 e. The van der Waals surface area contributed by atoms with E-state index < -0.39 is 24.2 Å². The molecule has 0 spiro atoms. The minimum atomic E-state index is -5.08. The number of amides is 1. The van der Waals surface area contributed by atoms with Crippen molar-refractivity contribution in [2.24, 2.45) is 5.73 Å². The van der Waals surface area contributed by atoms with Gasteiger partial charge < -0.3 is 16.3 Å². The van der Waals surface area contributed by atoms with Crippen LogP contribution in [0.25, 0.3) is 0 Å². The van der Waals surface area contributed by atoms with Crippen LogP contribution >= 0.6 is 0 Å². The Labute approximate surface area is 77.8 Å². The van der Waals surface area contributed by atoms with E-state index >= 15 is 0 Å². The third-order valence-corrected chi connectivity index (χ3v) is 0.522. The number of carbonyl (C=O) groups excluding carboxylic acids is 1. The van der Waals surface area contributed by atoms with Crippen molar-refractivity contribution in [2.75, 3.05) is 0 Å². The van der Waals surface area contributed by atoms with E-state index in [0.717, 1.165) is 0 Å². The van der Waals surface area contributed by atoms with Gasteiger partial charge in [-0.3, -0.25) is 4.79 Å². The van der Waals surface area contributed by atoms with Gasteiger partial charge in [0.15, 0.2) is 0 Å². The fraction of sp³-hybridized carbons (Fsp3) is 0.500. The van der Waals surface area contributed by atoms with Gasteiger partial charge in [0.2, 0.25) is 0 Å². The highest BCUT2D eigenvalue weighted by molar-refractivity contribution is 5.79. The number of hydrogen-bond acceptors (Lipinski definition) is 2. The second kappa shape index (κ2) is 6.06. The molecular formula is C4H5F6NO4. The monoisotopic (exact) mass is 245 g/mol. The Morgan fingerprint density at radius 2 is 1.07 bits per heavy atom. The van der Waals surface area contributed by atoms with Gasteiger partial charge in [0.05, 0.1) is 0 Å². The predicted octanol–water partition coefficient (Wildman–Crippen LogP) is -0.157. The van der Waals surface area contributed by atoms with Crippen LogP contribution in [0.15, 0.2) is 0 Å². The van der Waals surface area contributed by atoms with E-state index in [2.05, 4.69) is 5.73 Å². The average Bonchev–Trinajstić information content (AvgIpc) is 1.83. The first-order valence-corrected chi connectivity index (χ1v) is 2.55. The fourth-order valence-corrected chi connectivity index (χ4v) is 0. The molecule has 15 heavy (non-hydrogen) atoms. The van der Waals surface area contributed by atoms with Crippen LogP contribution in [-0.2, 0) is 9.59 Å². The summed E-state index contributed by atoms with van der Waals surface area (Å²) in [5.74, 6) is -5.01. The molecule has 0 radical (unpaired) electrons. The quantitative estimate of drug-likeness (QED) is 0.578. The number of carboxylic acids is 1. The maximum atomic E-state index is 10.7. The van der Waals surface area contributed by atoms with E-state index in [1.165, 1.54) is 0 Å². The summed E-state index contributed by atoms with van der Waals surface area (Å²) in [5.41, 5.74) is 3.81. The van der Waals surface area contributed by atoms with E-state index in [1.807, 2.05) is 0 Å². The molecule has 0 aliphatic rings. The van der Waals surface area contributed by atoms with Crippen molar-refractivity contribution in [3.8, 4) is 0 Å². The van der Waals surface area contributed by atoms with Crippen molar-refractivity contribution in [3.05, 3.63) is 0 Å². The van der Waals surface area contributed by atoms with E-state index in [-0.39, 0.29) is 5.48 Å². The van der Waals surface area contributed by atoms with Crippen molar-refractivity contribution < 1.29 is 46.5 Å². The molecule has 5 nitrogen and oxygen atoms in total. The summed E-state index contributed by atoms with van der Waals surface area (Å²) >= 11 is 0. The Bertz CT molecular complexity index is 196. The summed E-state index contributed by atoms with van der Waals surface area (Å²) in [4.78, 5) is 18.0. The summed E-state index contributed by atoms with van der Waals surface area (Å²) in [6, 6.07) is 0. The summed E-state index contributed by atoms with van der Waals surface area (Å²) < 4.78 is 63.8. The maximum absolute atomic E-state index is 10.7. The summed E-state index contributed by atoms with van der Waals surface area (Å²) in [7, 11) is 0. The first-order chi connectivity index (χ1) is 5.89. The molecule has 0 fully saturated rings. The molecule has 0 aromatic rings. The molecule has 0 aromatic carbocycles. The van der Waals surface area contributed by atoms with Gasteiger partial charge in [-0.1, -0.05) is 0 Å². The van der Waals surface area contributed by atoms with Gasteiger partial charge in [-0.15, -0.1) is 0 Å². The number of alkyl halides is 6. The lowest BCUT2D eigenvalue weighted by molar-refractivity contribution is -0.192. The summed E-state index contributed by atoms with van der Waals surface area (Å²) in [5, 5.41) is 7.12. The molecule has 0 saturated heterocycles. The first-order valence-electron chi connectivity index (χ1n) is 2.55. The van der Waals surface area contributed by atoms with E-state index in [9.17, 15) is 26.3 Å². The molecule has 0 bridgehead atoms. The number of hydrogen-bond donors (Lipinski definition) is 2. The zero-order valence-corrected chi connectivity index (χ0v) is 6.61. The van der Waals surface area contributed by atoms with Crippen LogP contribution in [-0.4, -0.2) is 34.8 Å². The van der Waals surface area contributed by atoms with E-state index in [0.29, 0.717) is 0 Å². The predicted molar refractivity (Wildman–Crippen MR) is 32.6 cm³/mol. The van der Waals surface area contributed by atoms with Crippen molar-refractivity contribution in [2.45, 2.75) is 12.4 Å². The van der Waals surface area contributed by atoms with Crippen LogP contribution in [0.1, 0.15) is 0 Å². The van der Waals surface area contributed by atoms with E-state index in [1.54, 1.807) is 0 Å². The zero-order valence-electron chi connectivity index (χ0n) is 6.61. The number of aliphatic carboxylic acids is 1. The van der Waals surface area contributed by atoms with Crippen molar-refractivity contribution in [1.29, 1.82) is 0 Å². The van der Waals surface area contributed by atoms with Crippen molar-refractivity contribution in [1.82, 2.24) is 0 Å². The molecule has 11 heteroatoms. The number of rotatable bonds is 0. The smallest absolute Gasteiger partial charge is 0.475 e. The topological polar surface area (TPSA) is 112 Å². The Kier molecular flexibility index (Phi) is 7.72. The molecule has 5 N–H and O–H groups in total. The standard InChI is InChI=1S/C2H2F3NO.C2HF3O2.H2O/c2*3-2(4,5)1(6)7;/h(H2,6,7);(H,6,7);1H2. The maximum Gasteiger partial charge on any atom is 0.490 e. The van der Waals surface area contributed by atoms with Gasteiger partial charge in [-0.2, -0.15) is 26.3 Å². The molecule has 1 amide bonds. The highest BCUT2D eigenvalue weighted by Gasteiger charge is 2.38. The third kappa shape index (κ3) is 12.5. The second-order valence-corrected chi connectivity index (χ2v) is 1.66. The summed E-state index contributed by atoms with van der Waals surface area (Å²) in [6.07, 6.45) is -9.94. The van der Waals surface area contributed by atoms with Gasteiger partial charge in [0.1, 0.15) is 0 Å². The molecule has 0 aliphatic carbocycles. The first kappa shape index (κ1) is 19.1. The lowest BCUT2D eigenvalue weighted by Crippen LogP contribution is -2.30. The number of nitrogens with two attached hydrogens (primary N) is 1. The Balaban J connectivity index is -0.000000180. The number of primary amides is 1. The van der Waals surface area contributed by atoms with Gasteiger partial charge in [-0.05, 0) is 0 Å². The fourth-order valence-electron chi connectivity index (χ4n) is 0. The van der Waals surface area contributed by atoms with E-state index in [4.69, 9.17) is 14.7 Å². The number of carbonyl (C=O) groups is 2. The Hall–Kier alpha value is -1.52. The Morgan fingerprint density at radius 3 is 1.07 bits per heavy atom. The van der Waals surface area contributed by atoms with Crippen LogP contribution in [0, 0.1) is 0 Å². The lowest BCUT2D eigenvalue weighted by atomic mass is 10.6. The molecule has 0 saturated carbocycles. The molecule has 0 unspecified atom stereocenters. The van der Waals surface area contributed by atoms with Crippen molar-refractivity contribution >= 4 is 11.9 Å². The van der Waals surface area contributed by atoms with Gasteiger partial charge in [0.25, 0.3) is 0 Å². The molecule has 0 aromatic heterocycles. The SMILES string of the molecule is NC(=O)C(F)(F)F.O.O=C(O)C(F)(F)F. The average molecular weight is 245 g/mol. The minimum absolute atomic E-state index is 0. The normalized spacial score (nSPS) is 10.5. The number of halogens is 6. The summed E-state index contributed by atoms with van der Waals surface area (Å²) in [6.45, 7) is 0.